The third kappa shape index (κ3) is 4.51. The Hall–Kier alpha value is -5.29. The number of hydrogen-bond donors (Lipinski definition) is 0. The van der Waals surface area contributed by atoms with Crippen LogP contribution in [0.15, 0.2) is 140 Å². The van der Waals surface area contributed by atoms with E-state index in [0.717, 1.165) is 74.2 Å². The third-order valence-electron chi connectivity index (χ3n) is 7.52. The predicted octanol–water partition coefficient (Wildman–Crippen LogP) is 7.37. The molecule has 5 aliphatic heterocycles. The number of carbonyl (C=O) groups is 1. The van der Waals surface area contributed by atoms with E-state index >= 15 is 0 Å². The minimum absolute atomic E-state index is 0.625. The predicted molar refractivity (Wildman–Crippen MR) is 169 cm³/mol. The molecule has 0 aliphatic carbocycles. The molecule has 41 heavy (non-hydrogen) atoms. The molecule has 0 unspecified atom stereocenters. The lowest BCUT2D eigenvalue weighted by Crippen LogP contribution is -2.04. The minimum atomic E-state index is 0.625. The van der Waals surface area contributed by atoms with Gasteiger partial charge in [0.1, 0.15) is 6.29 Å². The molecule has 8 bridgehead atoms. The number of rotatable bonds is 3. The van der Waals surface area contributed by atoms with Crippen LogP contribution in [0.2, 0.25) is 0 Å². The largest absolute Gasteiger partial charge is 0.298 e. The molecular weight excluding hydrogens is 504 g/mol. The summed E-state index contributed by atoms with van der Waals surface area (Å²) in [4.78, 5) is 31.3. The van der Waals surface area contributed by atoms with Crippen LogP contribution in [0.3, 0.4) is 0 Å². The number of benzene rings is 2. The van der Waals surface area contributed by atoms with E-state index in [2.05, 4.69) is 45.1 Å². The van der Waals surface area contributed by atoms with Crippen molar-refractivity contribution in [1.29, 1.82) is 0 Å². The summed E-state index contributed by atoms with van der Waals surface area (Å²) in [5.74, 6) is 0. The van der Waals surface area contributed by atoms with E-state index in [1.165, 1.54) is 16.7 Å². The molecule has 0 aromatic heterocycles. The van der Waals surface area contributed by atoms with Crippen molar-refractivity contribution in [3.8, 4) is 0 Å². The van der Waals surface area contributed by atoms with E-state index in [1.807, 2.05) is 72.9 Å². The molecular formula is C36H26N4O. The number of aliphatic imine (C=N–C) groups is 4. The maximum atomic E-state index is 11.3. The smallest absolute Gasteiger partial charge is 0.150 e. The van der Waals surface area contributed by atoms with Gasteiger partial charge in [0.15, 0.2) is 0 Å². The molecule has 7 rings (SSSR count). The van der Waals surface area contributed by atoms with Crippen molar-refractivity contribution < 1.29 is 4.79 Å². The number of carbonyl (C=O) groups excluding carboxylic acids is 1. The molecule has 0 saturated heterocycles. The van der Waals surface area contributed by atoms with E-state index in [4.69, 9.17) is 20.0 Å². The lowest BCUT2D eigenvalue weighted by atomic mass is 9.90. The zero-order chi connectivity index (χ0) is 28.1. The van der Waals surface area contributed by atoms with Crippen molar-refractivity contribution in [3.05, 3.63) is 153 Å². The van der Waals surface area contributed by atoms with Gasteiger partial charge in [-0.3, -0.25) is 4.79 Å². The Morgan fingerprint density at radius 2 is 1.12 bits per heavy atom. The van der Waals surface area contributed by atoms with E-state index in [1.54, 1.807) is 0 Å². The van der Waals surface area contributed by atoms with Gasteiger partial charge >= 0.3 is 0 Å². The third-order valence-corrected chi connectivity index (χ3v) is 7.52. The number of aldehydes is 1. The molecule has 5 heterocycles. The highest BCUT2D eigenvalue weighted by Gasteiger charge is 2.23. The van der Waals surface area contributed by atoms with Crippen molar-refractivity contribution in [2.24, 2.45) is 20.0 Å². The molecule has 5 heteroatoms. The Morgan fingerprint density at radius 1 is 0.585 bits per heavy atom. The van der Waals surface area contributed by atoms with Crippen molar-refractivity contribution >= 4 is 40.3 Å². The number of nitrogens with zero attached hydrogens (tertiary/aromatic N) is 4. The number of allylic oxidation sites excluding steroid dienone is 12. The lowest BCUT2D eigenvalue weighted by molar-refractivity contribution is 0.112. The second kappa shape index (κ2) is 9.72. The highest BCUT2D eigenvalue weighted by atomic mass is 16.1. The summed E-state index contributed by atoms with van der Waals surface area (Å²) in [7, 11) is 0. The fraction of sp³-hybridized carbons (Fsp3) is 0.0833. The molecule has 5 aliphatic rings. The summed E-state index contributed by atoms with van der Waals surface area (Å²) >= 11 is 0. The molecule has 0 radical (unpaired) electrons. The van der Waals surface area contributed by atoms with E-state index in [-0.39, 0.29) is 0 Å². The SMILES string of the molecule is Cc1cc(C)c(C2=C3C=CC(=N3)C=C3C=CC(=N3)C(c3ccc(C=O)cc3)=C3C=CC(=N3)C=C3C=CC2=N3)c(C)c1. The fourth-order valence-electron chi connectivity index (χ4n) is 5.81. The van der Waals surface area contributed by atoms with E-state index < -0.39 is 0 Å². The first-order chi connectivity index (χ1) is 19.9. The van der Waals surface area contributed by atoms with Gasteiger partial charge in [0.05, 0.1) is 45.6 Å². The summed E-state index contributed by atoms with van der Waals surface area (Å²) < 4.78 is 0. The van der Waals surface area contributed by atoms with Gasteiger partial charge in [0.25, 0.3) is 0 Å². The molecule has 0 fully saturated rings. The van der Waals surface area contributed by atoms with Crippen molar-refractivity contribution in [2.75, 3.05) is 0 Å². The highest BCUT2D eigenvalue weighted by molar-refractivity contribution is 6.34. The van der Waals surface area contributed by atoms with E-state index in [0.29, 0.717) is 5.56 Å². The van der Waals surface area contributed by atoms with Crippen LogP contribution >= 0.6 is 0 Å². The molecule has 196 valence electrons. The van der Waals surface area contributed by atoms with Crippen LogP contribution in [-0.2, 0) is 0 Å². The Morgan fingerprint density at radius 3 is 1.68 bits per heavy atom. The first-order valence-corrected chi connectivity index (χ1v) is 13.6. The lowest BCUT2D eigenvalue weighted by Gasteiger charge is -2.16. The van der Waals surface area contributed by atoms with Crippen LogP contribution in [0.25, 0.3) is 11.1 Å². The van der Waals surface area contributed by atoms with Gasteiger partial charge < -0.3 is 0 Å². The zero-order valence-electron chi connectivity index (χ0n) is 23.0. The Labute approximate surface area is 238 Å². The summed E-state index contributed by atoms with van der Waals surface area (Å²) in [6, 6.07) is 11.9. The maximum Gasteiger partial charge on any atom is 0.150 e. The summed E-state index contributed by atoms with van der Waals surface area (Å²) in [5.41, 5.74) is 15.0. The normalized spacial score (nSPS) is 18.5. The van der Waals surface area contributed by atoms with Crippen LogP contribution in [-0.4, -0.2) is 29.1 Å². The second-order valence-corrected chi connectivity index (χ2v) is 10.6. The van der Waals surface area contributed by atoms with Crippen molar-refractivity contribution in [3.63, 3.8) is 0 Å². The molecule has 0 atom stereocenters. The molecule has 0 N–H and O–H groups in total. The second-order valence-electron chi connectivity index (χ2n) is 10.6. The summed E-state index contributed by atoms with van der Waals surface area (Å²) in [6.07, 6.45) is 21.1. The van der Waals surface area contributed by atoms with Gasteiger partial charge in [0.2, 0.25) is 0 Å². The Kier molecular flexibility index (Phi) is 5.86. The first-order valence-electron chi connectivity index (χ1n) is 13.6. The van der Waals surface area contributed by atoms with Gasteiger partial charge in [-0.1, -0.05) is 42.0 Å². The Bertz CT molecular complexity index is 1920. The van der Waals surface area contributed by atoms with Crippen molar-refractivity contribution in [2.45, 2.75) is 20.8 Å². The van der Waals surface area contributed by atoms with Crippen LogP contribution in [0.1, 0.15) is 38.2 Å². The quantitative estimate of drug-likeness (QED) is 0.382. The summed E-state index contributed by atoms with van der Waals surface area (Å²) in [5, 5.41) is 0. The number of fused-ring (bicyclic) bond motifs is 4. The van der Waals surface area contributed by atoms with Crippen LogP contribution in [0.4, 0.5) is 0 Å². The average molecular weight is 531 g/mol. The average Bonchev–Trinajstić information content (AvgIpc) is 3.76. The fourth-order valence-corrected chi connectivity index (χ4v) is 5.81. The van der Waals surface area contributed by atoms with Crippen LogP contribution in [0, 0.1) is 20.8 Å². The maximum absolute atomic E-state index is 11.3. The molecule has 0 saturated carbocycles. The van der Waals surface area contributed by atoms with Gasteiger partial charge in [0, 0.05) is 16.7 Å². The number of aryl methyl sites for hydroxylation is 3. The van der Waals surface area contributed by atoms with Gasteiger partial charge in [-0.05, 0) is 104 Å². The highest BCUT2D eigenvalue weighted by Crippen LogP contribution is 2.35. The minimum Gasteiger partial charge on any atom is -0.298 e. The topological polar surface area (TPSA) is 66.5 Å². The van der Waals surface area contributed by atoms with Gasteiger partial charge in [-0.2, -0.15) is 0 Å². The summed E-state index contributed by atoms with van der Waals surface area (Å²) in [6.45, 7) is 6.43. The van der Waals surface area contributed by atoms with Crippen LogP contribution < -0.4 is 0 Å². The first kappa shape index (κ1) is 24.7. The van der Waals surface area contributed by atoms with Gasteiger partial charge in [-0.15, -0.1) is 0 Å². The molecule has 0 amide bonds. The zero-order valence-corrected chi connectivity index (χ0v) is 23.0. The molecule has 2 aromatic carbocycles. The molecule has 0 spiro atoms. The molecule has 2 aromatic rings. The Balaban J connectivity index is 1.44. The van der Waals surface area contributed by atoms with Gasteiger partial charge in [-0.25, -0.2) is 20.0 Å². The van der Waals surface area contributed by atoms with E-state index in [9.17, 15) is 4.79 Å². The molecule has 5 nitrogen and oxygen atoms in total. The monoisotopic (exact) mass is 530 g/mol. The van der Waals surface area contributed by atoms with Crippen molar-refractivity contribution in [1.82, 2.24) is 0 Å². The number of hydrogen-bond acceptors (Lipinski definition) is 5. The van der Waals surface area contributed by atoms with Crippen LogP contribution in [0.5, 0.6) is 0 Å². The standard InChI is InChI=1S/C36H26N4O/c1-21-16-22(2)34(23(3)17-21)36-32-14-10-28(39-32)18-26-8-12-30(37-26)35(25-6-4-24(20-41)5-7-25)31-13-9-27(38-31)19-29-11-15-33(36)40-29/h4-20H,1-3H3.